The zero-order valence-electron chi connectivity index (χ0n) is 7.76. The molecular weight excluding hydrogens is 212 g/mol. The Morgan fingerprint density at radius 1 is 1.53 bits per heavy atom. The highest BCUT2D eigenvalue weighted by atomic mass is 35.5. The molecule has 0 aliphatic rings. The molecular formula is C10H7ClN4. The van der Waals surface area contributed by atoms with Crippen molar-refractivity contribution in [3.63, 3.8) is 0 Å². The first kappa shape index (κ1) is 9.69. The predicted octanol–water partition coefficient (Wildman–Crippen LogP) is 1.85. The third kappa shape index (κ3) is 2.33. The lowest BCUT2D eigenvalue weighted by Crippen LogP contribution is -2.00. The van der Waals surface area contributed by atoms with Gasteiger partial charge in [0.15, 0.2) is 0 Å². The van der Waals surface area contributed by atoms with Crippen LogP contribution in [0.25, 0.3) is 0 Å². The van der Waals surface area contributed by atoms with E-state index in [0.29, 0.717) is 17.3 Å². The van der Waals surface area contributed by atoms with Gasteiger partial charge in [0.25, 0.3) is 0 Å². The van der Waals surface area contributed by atoms with Gasteiger partial charge in [0.1, 0.15) is 11.8 Å². The van der Waals surface area contributed by atoms with Gasteiger partial charge in [-0.1, -0.05) is 11.6 Å². The molecule has 4 nitrogen and oxygen atoms in total. The number of nitrogens with zero attached hydrogens (tertiary/aromatic N) is 4. The zero-order valence-corrected chi connectivity index (χ0v) is 8.52. The van der Waals surface area contributed by atoms with E-state index in [1.54, 1.807) is 29.3 Å². The Labute approximate surface area is 91.7 Å². The molecule has 2 aromatic rings. The quantitative estimate of drug-likeness (QED) is 0.773. The predicted molar refractivity (Wildman–Crippen MR) is 55.3 cm³/mol. The van der Waals surface area contributed by atoms with Gasteiger partial charge in [0, 0.05) is 12.4 Å². The molecule has 0 fully saturated rings. The number of aromatic nitrogens is 3. The Balaban J connectivity index is 2.21. The molecule has 0 atom stereocenters. The minimum atomic E-state index is 0.408. The normalized spacial score (nSPS) is 9.87. The lowest BCUT2D eigenvalue weighted by Gasteiger charge is -2.00. The van der Waals surface area contributed by atoms with Crippen molar-refractivity contribution in [2.45, 2.75) is 6.54 Å². The van der Waals surface area contributed by atoms with Crippen molar-refractivity contribution in [3.8, 4) is 6.07 Å². The highest BCUT2D eigenvalue weighted by Crippen LogP contribution is 2.08. The maximum absolute atomic E-state index is 8.68. The van der Waals surface area contributed by atoms with E-state index < -0.39 is 0 Å². The van der Waals surface area contributed by atoms with Crippen molar-refractivity contribution in [2.24, 2.45) is 0 Å². The maximum Gasteiger partial charge on any atom is 0.140 e. The van der Waals surface area contributed by atoms with E-state index in [1.807, 2.05) is 12.1 Å². The largest absolute Gasteiger partial charge is 0.267 e. The summed E-state index contributed by atoms with van der Waals surface area (Å²) in [5.41, 5.74) is 1.38. The average molecular weight is 219 g/mol. The van der Waals surface area contributed by atoms with E-state index in [2.05, 4.69) is 10.1 Å². The Morgan fingerprint density at radius 2 is 2.40 bits per heavy atom. The first-order valence-corrected chi connectivity index (χ1v) is 4.69. The van der Waals surface area contributed by atoms with Crippen LogP contribution in [0.3, 0.4) is 0 Å². The monoisotopic (exact) mass is 218 g/mol. The van der Waals surface area contributed by atoms with E-state index in [9.17, 15) is 0 Å². The van der Waals surface area contributed by atoms with Crippen LogP contribution in [0.5, 0.6) is 0 Å². The Bertz CT molecular complexity index is 512. The van der Waals surface area contributed by atoms with E-state index in [1.165, 1.54) is 0 Å². The van der Waals surface area contributed by atoms with Crippen LogP contribution >= 0.6 is 11.6 Å². The van der Waals surface area contributed by atoms with Crippen LogP contribution in [0.4, 0.5) is 0 Å². The molecule has 0 bridgehead atoms. The number of rotatable bonds is 2. The van der Waals surface area contributed by atoms with Gasteiger partial charge in [-0.3, -0.25) is 4.68 Å². The van der Waals surface area contributed by atoms with E-state index in [-0.39, 0.29) is 0 Å². The summed E-state index contributed by atoms with van der Waals surface area (Å²) in [7, 11) is 0. The number of pyridine rings is 1. The summed E-state index contributed by atoms with van der Waals surface area (Å²) >= 11 is 5.74. The van der Waals surface area contributed by atoms with Gasteiger partial charge >= 0.3 is 0 Å². The molecule has 0 amide bonds. The van der Waals surface area contributed by atoms with Crippen molar-refractivity contribution in [1.29, 1.82) is 5.26 Å². The fourth-order valence-electron chi connectivity index (χ4n) is 1.25. The van der Waals surface area contributed by atoms with Crippen molar-refractivity contribution in [1.82, 2.24) is 14.8 Å². The third-order valence-electron chi connectivity index (χ3n) is 1.89. The number of halogens is 1. The smallest absolute Gasteiger partial charge is 0.140 e. The lowest BCUT2D eigenvalue weighted by molar-refractivity contribution is 0.686. The first-order chi connectivity index (χ1) is 7.28. The minimum Gasteiger partial charge on any atom is -0.267 e. The molecule has 5 heteroatoms. The molecule has 0 saturated heterocycles. The molecule has 2 heterocycles. The van der Waals surface area contributed by atoms with E-state index >= 15 is 0 Å². The van der Waals surface area contributed by atoms with Gasteiger partial charge in [-0.2, -0.15) is 10.4 Å². The van der Waals surface area contributed by atoms with Gasteiger partial charge in [0.2, 0.25) is 0 Å². The number of hydrogen-bond donors (Lipinski definition) is 0. The van der Waals surface area contributed by atoms with Crippen LogP contribution in [0.2, 0.25) is 5.02 Å². The highest BCUT2D eigenvalue weighted by Gasteiger charge is 1.99. The number of hydrogen-bond acceptors (Lipinski definition) is 3. The summed E-state index contributed by atoms with van der Waals surface area (Å²) in [5.74, 6) is 0. The molecule has 0 saturated carbocycles. The van der Waals surface area contributed by atoms with Gasteiger partial charge in [-0.25, -0.2) is 4.98 Å². The van der Waals surface area contributed by atoms with Crippen LogP contribution < -0.4 is 0 Å². The molecule has 0 radical (unpaired) electrons. The summed E-state index contributed by atoms with van der Waals surface area (Å²) in [5, 5.41) is 13.3. The maximum atomic E-state index is 8.68. The second-order valence-corrected chi connectivity index (χ2v) is 3.45. The van der Waals surface area contributed by atoms with Crippen LogP contribution in [0.1, 0.15) is 11.3 Å². The zero-order chi connectivity index (χ0) is 10.7. The summed E-state index contributed by atoms with van der Waals surface area (Å²) in [6, 6.07) is 5.57. The molecule has 0 aliphatic carbocycles. The molecule has 0 spiro atoms. The second kappa shape index (κ2) is 4.11. The van der Waals surface area contributed by atoms with E-state index in [0.717, 1.165) is 5.56 Å². The summed E-state index contributed by atoms with van der Waals surface area (Å²) < 4.78 is 1.71. The summed E-state index contributed by atoms with van der Waals surface area (Å²) in [4.78, 5) is 3.89. The summed E-state index contributed by atoms with van der Waals surface area (Å²) in [6.45, 7) is 0.587. The highest BCUT2D eigenvalue weighted by molar-refractivity contribution is 6.30. The second-order valence-electron chi connectivity index (χ2n) is 3.02. The van der Waals surface area contributed by atoms with Crippen LogP contribution in [-0.2, 0) is 6.54 Å². The lowest BCUT2D eigenvalue weighted by atomic mass is 10.2. The van der Waals surface area contributed by atoms with Gasteiger partial charge < -0.3 is 0 Å². The topological polar surface area (TPSA) is 54.5 Å². The standard InChI is InChI=1S/C10H7ClN4/c11-9-5-14-15(7-9)6-8-1-2-13-10(3-8)4-12/h1-3,5,7H,6H2. The van der Waals surface area contributed by atoms with Gasteiger partial charge in [-0.05, 0) is 17.7 Å². The molecule has 15 heavy (non-hydrogen) atoms. The molecule has 0 aromatic carbocycles. The summed E-state index contributed by atoms with van der Waals surface area (Å²) in [6.07, 6.45) is 4.92. The molecule has 0 unspecified atom stereocenters. The average Bonchev–Trinajstić information content (AvgIpc) is 2.64. The van der Waals surface area contributed by atoms with Crippen molar-refractivity contribution in [2.75, 3.05) is 0 Å². The Morgan fingerprint density at radius 3 is 3.07 bits per heavy atom. The van der Waals surface area contributed by atoms with Gasteiger partial charge in [-0.15, -0.1) is 0 Å². The fourth-order valence-corrected chi connectivity index (χ4v) is 1.40. The van der Waals surface area contributed by atoms with Crippen molar-refractivity contribution in [3.05, 3.63) is 47.0 Å². The van der Waals surface area contributed by atoms with Crippen LogP contribution in [0, 0.1) is 11.3 Å². The Kier molecular flexibility index (Phi) is 2.66. The van der Waals surface area contributed by atoms with Crippen LogP contribution in [0.15, 0.2) is 30.7 Å². The molecule has 2 aromatic heterocycles. The minimum absolute atomic E-state index is 0.408. The Hall–Kier alpha value is -1.86. The molecule has 0 aliphatic heterocycles. The van der Waals surface area contributed by atoms with Crippen LogP contribution in [-0.4, -0.2) is 14.8 Å². The van der Waals surface area contributed by atoms with E-state index in [4.69, 9.17) is 16.9 Å². The third-order valence-corrected chi connectivity index (χ3v) is 2.08. The molecule has 74 valence electrons. The van der Waals surface area contributed by atoms with Crippen molar-refractivity contribution >= 4 is 11.6 Å². The van der Waals surface area contributed by atoms with Gasteiger partial charge in [0.05, 0.1) is 17.8 Å². The van der Waals surface area contributed by atoms with Crippen molar-refractivity contribution < 1.29 is 0 Å². The number of nitriles is 1. The molecule has 0 N–H and O–H groups in total. The fraction of sp³-hybridized carbons (Fsp3) is 0.100. The SMILES string of the molecule is N#Cc1cc(Cn2cc(Cl)cn2)ccn1. The molecule has 2 rings (SSSR count). The first-order valence-electron chi connectivity index (χ1n) is 4.31.